The number of methoxy groups -OCH3 is 3. The molecular weight excluding hydrogens is 410 g/mol. The van der Waals surface area contributed by atoms with Crippen molar-refractivity contribution in [3.8, 4) is 57.2 Å². The largest absolute Gasteiger partial charge is 0.493 e. The summed E-state index contributed by atoms with van der Waals surface area (Å²) in [6.07, 6.45) is 1.44. The number of anilines is 1. The van der Waals surface area contributed by atoms with Gasteiger partial charge in [0.25, 0.3) is 0 Å². The van der Waals surface area contributed by atoms with Gasteiger partial charge in [0, 0.05) is 11.1 Å². The van der Waals surface area contributed by atoms with Gasteiger partial charge in [0.15, 0.2) is 23.0 Å². The quantitative estimate of drug-likeness (QED) is 0.666. The van der Waals surface area contributed by atoms with Crippen LogP contribution in [0.1, 0.15) is 16.7 Å². The first-order valence-electron chi connectivity index (χ1n) is 10.0. The molecule has 0 amide bonds. The van der Waals surface area contributed by atoms with Crippen LogP contribution in [-0.2, 0) is 12.8 Å². The monoisotopic (exact) mass is 431 g/mol. The van der Waals surface area contributed by atoms with E-state index in [2.05, 4.69) is 11.1 Å². The van der Waals surface area contributed by atoms with Crippen LogP contribution in [0.3, 0.4) is 0 Å². The molecule has 5 rings (SSSR count). The highest BCUT2D eigenvalue weighted by Crippen LogP contribution is 2.48. The van der Waals surface area contributed by atoms with Gasteiger partial charge in [-0.2, -0.15) is 5.26 Å². The zero-order valence-corrected chi connectivity index (χ0v) is 17.9. The molecule has 0 bridgehead atoms. The molecule has 2 heterocycles. The van der Waals surface area contributed by atoms with E-state index in [1.807, 2.05) is 24.3 Å². The SMILES string of the molecule is COc1cc2c(cc1OC)-c1nc(N)c(C#N)c(-c3cc(OC)c4c(c3)OCO4)c1CC2. The number of rotatable bonds is 4. The first kappa shape index (κ1) is 19.8. The number of nitriles is 1. The number of ether oxygens (including phenoxy) is 5. The summed E-state index contributed by atoms with van der Waals surface area (Å²) in [6.45, 7) is 0.117. The molecule has 0 radical (unpaired) electrons. The van der Waals surface area contributed by atoms with Crippen LogP contribution in [0.2, 0.25) is 0 Å². The molecule has 1 aliphatic heterocycles. The lowest BCUT2D eigenvalue weighted by molar-refractivity contribution is 0.171. The number of nitrogens with zero attached hydrogens (tertiary/aromatic N) is 2. The van der Waals surface area contributed by atoms with Crippen molar-refractivity contribution in [2.75, 3.05) is 33.9 Å². The van der Waals surface area contributed by atoms with Crippen molar-refractivity contribution in [3.05, 3.63) is 41.0 Å². The molecule has 1 aromatic heterocycles. The van der Waals surface area contributed by atoms with E-state index in [1.165, 1.54) is 0 Å². The van der Waals surface area contributed by atoms with E-state index in [9.17, 15) is 5.26 Å². The van der Waals surface area contributed by atoms with Gasteiger partial charge in [-0.25, -0.2) is 4.98 Å². The summed E-state index contributed by atoms with van der Waals surface area (Å²) < 4.78 is 27.6. The molecule has 32 heavy (non-hydrogen) atoms. The molecule has 0 fully saturated rings. The molecule has 0 atom stereocenters. The summed E-state index contributed by atoms with van der Waals surface area (Å²) in [5.41, 5.74) is 11.8. The Hall–Kier alpha value is -4.12. The second-order valence-electron chi connectivity index (χ2n) is 7.46. The summed E-state index contributed by atoms with van der Waals surface area (Å²) in [5, 5.41) is 9.93. The molecule has 1 aliphatic carbocycles. The first-order chi connectivity index (χ1) is 15.6. The maximum Gasteiger partial charge on any atom is 0.231 e. The van der Waals surface area contributed by atoms with Crippen molar-refractivity contribution in [2.45, 2.75) is 12.8 Å². The highest BCUT2D eigenvalue weighted by atomic mass is 16.7. The molecule has 0 spiro atoms. The van der Waals surface area contributed by atoms with E-state index in [1.54, 1.807) is 21.3 Å². The van der Waals surface area contributed by atoms with Gasteiger partial charge in [-0.15, -0.1) is 0 Å². The fourth-order valence-corrected chi connectivity index (χ4v) is 4.42. The minimum atomic E-state index is 0.117. The number of hydrogen-bond acceptors (Lipinski definition) is 8. The summed E-state index contributed by atoms with van der Waals surface area (Å²) in [4.78, 5) is 4.63. The lowest BCUT2D eigenvalue weighted by atomic mass is 9.83. The molecular formula is C24H21N3O5. The van der Waals surface area contributed by atoms with Crippen molar-refractivity contribution in [3.63, 3.8) is 0 Å². The topological polar surface area (TPSA) is 109 Å². The van der Waals surface area contributed by atoms with Gasteiger partial charge in [0.2, 0.25) is 12.5 Å². The Balaban J connectivity index is 1.79. The molecule has 8 heteroatoms. The first-order valence-corrected chi connectivity index (χ1v) is 10.0. The van der Waals surface area contributed by atoms with Gasteiger partial charge in [-0.1, -0.05) is 0 Å². The number of aryl methyl sites for hydroxylation is 1. The third kappa shape index (κ3) is 2.86. The van der Waals surface area contributed by atoms with Crippen LogP contribution in [0.25, 0.3) is 22.4 Å². The zero-order valence-electron chi connectivity index (χ0n) is 17.9. The molecule has 2 aliphatic rings. The van der Waals surface area contributed by atoms with E-state index in [4.69, 9.17) is 29.4 Å². The summed E-state index contributed by atoms with van der Waals surface area (Å²) >= 11 is 0. The van der Waals surface area contributed by atoms with E-state index < -0.39 is 0 Å². The maximum absolute atomic E-state index is 9.93. The Labute approximate surface area is 185 Å². The van der Waals surface area contributed by atoms with Crippen LogP contribution in [0, 0.1) is 11.3 Å². The zero-order chi connectivity index (χ0) is 22.4. The van der Waals surface area contributed by atoms with Gasteiger partial charge >= 0.3 is 0 Å². The Kier molecular flexibility index (Phi) is 4.67. The summed E-state index contributed by atoms with van der Waals surface area (Å²) in [6, 6.07) is 9.81. The van der Waals surface area contributed by atoms with Gasteiger partial charge in [-0.3, -0.25) is 0 Å². The molecule has 0 saturated carbocycles. The van der Waals surface area contributed by atoms with Crippen molar-refractivity contribution < 1.29 is 23.7 Å². The average Bonchev–Trinajstić information content (AvgIpc) is 3.30. The number of nitrogen functional groups attached to an aromatic ring is 1. The van der Waals surface area contributed by atoms with Crippen LogP contribution < -0.4 is 29.4 Å². The van der Waals surface area contributed by atoms with Crippen LogP contribution >= 0.6 is 0 Å². The van der Waals surface area contributed by atoms with E-state index in [-0.39, 0.29) is 12.6 Å². The van der Waals surface area contributed by atoms with Crippen LogP contribution in [-0.4, -0.2) is 33.1 Å². The predicted octanol–water partition coefficient (Wildman–Crippen LogP) is 3.72. The Morgan fingerprint density at radius 1 is 0.969 bits per heavy atom. The lowest BCUT2D eigenvalue weighted by Gasteiger charge is -2.25. The predicted molar refractivity (Wildman–Crippen MR) is 117 cm³/mol. The van der Waals surface area contributed by atoms with Crippen LogP contribution in [0.4, 0.5) is 5.82 Å². The van der Waals surface area contributed by atoms with Crippen molar-refractivity contribution >= 4 is 5.82 Å². The molecule has 2 N–H and O–H groups in total. The molecule has 2 aromatic carbocycles. The van der Waals surface area contributed by atoms with E-state index in [0.29, 0.717) is 40.7 Å². The maximum atomic E-state index is 9.93. The van der Waals surface area contributed by atoms with Crippen LogP contribution in [0.5, 0.6) is 28.7 Å². The van der Waals surface area contributed by atoms with E-state index >= 15 is 0 Å². The van der Waals surface area contributed by atoms with Gasteiger partial charge in [0.05, 0.1) is 27.0 Å². The highest BCUT2D eigenvalue weighted by molar-refractivity contribution is 5.88. The van der Waals surface area contributed by atoms with Gasteiger partial charge < -0.3 is 29.4 Å². The molecule has 3 aromatic rings. The smallest absolute Gasteiger partial charge is 0.231 e. The molecule has 0 unspecified atom stereocenters. The second kappa shape index (κ2) is 7.54. The molecule has 162 valence electrons. The number of nitrogens with two attached hydrogens (primary N) is 1. The molecule has 0 saturated heterocycles. The van der Waals surface area contributed by atoms with Crippen LogP contribution in [0.15, 0.2) is 24.3 Å². The summed E-state index contributed by atoms with van der Waals surface area (Å²) in [7, 11) is 4.78. The fraction of sp³-hybridized carbons (Fsp3) is 0.250. The second-order valence-corrected chi connectivity index (χ2v) is 7.46. The van der Waals surface area contributed by atoms with Crippen molar-refractivity contribution in [1.82, 2.24) is 4.98 Å². The van der Waals surface area contributed by atoms with Gasteiger partial charge in [0.1, 0.15) is 17.5 Å². The van der Waals surface area contributed by atoms with E-state index in [0.717, 1.165) is 39.9 Å². The number of aromatic nitrogens is 1. The third-order valence-corrected chi connectivity index (χ3v) is 5.89. The standard InChI is InChI=1S/C24H21N3O5/c1-28-17-6-12-4-5-14-21(13-7-19(30-3)23-20(8-13)31-11-32-23)16(10-25)24(26)27-22(14)15(12)9-18(17)29-2/h6-9H,4-5,11H2,1-3H3,(H2,26,27). The third-order valence-electron chi connectivity index (χ3n) is 5.89. The number of fused-ring (bicyclic) bond motifs is 4. The lowest BCUT2D eigenvalue weighted by Crippen LogP contribution is -2.12. The van der Waals surface area contributed by atoms with Crippen molar-refractivity contribution in [1.29, 1.82) is 5.26 Å². The number of pyridine rings is 1. The van der Waals surface area contributed by atoms with Gasteiger partial charge in [-0.05, 0) is 53.8 Å². The average molecular weight is 431 g/mol. The Bertz CT molecular complexity index is 1300. The fourth-order valence-electron chi connectivity index (χ4n) is 4.42. The minimum Gasteiger partial charge on any atom is -0.493 e. The minimum absolute atomic E-state index is 0.117. The molecule has 8 nitrogen and oxygen atoms in total. The Morgan fingerprint density at radius 2 is 1.72 bits per heavy atom. The Morgan fingerprint density at radius 3 is 2.44 bits per heavy atom. The summed E-state index contributed by atoms with van der Waals surface area (Å²) in [5.74, 6) is 3.08. The number of hydrogen-bond donors (Lipinski definition) is 1. The van der Waals surface area contributed by atoms with Crippen molar-refractivity contribution in [2.24, 2.45) is 0 Å². The normalized spacial score (nSPS) is 13.1. The number of benzene rings is 2. The highest BCUT2D eigenvalue weighted by Gasteiger charge is 2.29.